The lowest BCUT2D eigenvalue weighted by molar-refractivity contribution is 0.249. The summed E-state index contributed by atoms with van der Waals surface area (Å²) in [6.07, 6.45) is 0.834. The Morgan fingerprint density at radius 3 is 2.27 bits per heavy atom. The molecule has 15 heavy (non-hydrogen) atoms. The summed E-state index contributed by atoms with van der Waals surface area (Å²) < 4.78 is 0. The highest BCUT2D eigenvalue weighted by Crippen LogP contribution is 2.16. The zero-order valence-corrected chi connectivity index (χ0v) is 9.55. The van der Waals surface area contributed by atoms with E-state index in [1.807, 2.05) is 0 Å². The molecule has 0 saturated carbocycles. The molecule has 0 atom stereocenters. The van der Waals surface area contributed by atoms with Crippen LogP contribution in [0.1, 0.15) is 22.3 Å². The third-order valence-corrected chi connectivity index (χ3v) is 2.51. The molecule has 1 aromatic rings. The summed E-state index contributed by atoms with van der Waals surface area (Å²) in [4.78, 5) is 10.5. The van der Waals surface area contributed by atoms with Gasteiger partial charge in [-0.15, -0.1) is 0 Å². The minimum absolute atomic E-state index is 0.461. The maximum absolute atomic E-state index is 10.5. The van der Waals surface area contributed by atoms with Crippen molar-refractivity contribution in [3.05, 3.63) is 34.4 Å². The van der Waals surface area contributed by atoms with Crippen LogP contribution in [0.2, 0.25) is 0 Å². The molecule has 3 heteroatoms. The molecule has 0 heterocycles. The Balaban J connectivity index is 2.72. The van der Waals surface area contributed by atoms with Crippen LogP contribution in [-0.4, -0.2) is 12.6 Å². The zero-order valence-electron chi connectivity index (χ0n) is 9.55. The second-order valence-corrected chi connectivity index (χ2v) is 3.92. The number of rotatable bonds is 3. The van der Waals surface area contributed by atoms with Gasteiger partial charge in [-0.25, -0.2) is 4.79 Å². The summed E-state index contributed by atoms with van der Waals surface area (Å²) in [5.74, 6) is 0. The van der Waals surface area contributed by atoms with Gasteiger partial charge in [0, 0.05) is 6.54 Å². The van der Waals surface area contributed by atoms with Crippen LogP contribution in [0, 0.1) is 20.8 Å². The van der Waals surface area contributed by atoms with Crippen LogP contribution in [0.15, 0.2) is 12.1 Å². The van der Waals surface area contributed by atoms with Crippen molar-refractivity contribution in [2.24, 2.45) is 5.73 Å². The average Bonchev–Trinajstić information content (AvgIpc) is 2.08. The number of primary amides is 1. The highest BCUT2D eigenvalue weighted by molar-refractivity contribution is 5.71. The first-order chi connectivity index (χ1) is 7.00. The fraction of sp³-hybridized carbons (Fsp3) is 0.417. The van der Waals surface area contributed by atoms with E-state index in [1.54, 1.807) is 0 Å². The van der Waals surface area contributed by atoms with Crippen LogP contribution in [-0.2, 0) is 6.42 Å². The first-order valence-corrected chi connectivity index (χ1v) is 5.10. The van der Waals surface area contributed by atoms with Crippen molar-refractivity contribution in [1.82, 2.24) is 5.32 Å². The van der Waals surface area contributed by atoms with Crippen molar-refractivity contribution in [1.29, 1.82) is 0 Å². The fourth-order valence-electron chi connectivity index (χ4n) is 1.91. The second-order valence-electron chi connectivity index (χ2n) is 3.92. The average molecular weight is 206 g/mol. The molecule has 0 radical (unpaired) electrons. The van der Waals surface area contributed by atoms with Crippen molar-refractivity contribution in [2.45, 2.75) is 27.2 Å². The van der Waals surface area contributed by atoms with Crippen LogP contribution < -0.4 is 11.1 Å². The lowest BCUT2D eigenvalue weighted by Crippen LogP contribution is -2.31. The normalized spacial score (nSPS) is 10.1. The summed E-state index contributed by atoms with van der Waals surface area (Å²) >= 11 is 0. The minimum Gasteiger partial charge on any atom is -0.352 e. The number of urea groups is 1. The first-order valence-electron chi connectivity index (χ1n) is 5.10. The van der Waals surface area contributed by atoms with Gasteiger partial charge in [-0.3, -0.25) is 0 Å². The molecule has 0 aliphatic heterocycles. The van der Waals surface area contributed by atoms with Gasteiger partial charge in [-0.2, -0.15) is 0 Å². The number of carbonyl (C=O) groups is 1. The molecule has 2 amide bonds. The van der Waals surface area contributed by atoms with Gasteiger partial charge in [0.2, 0.25) is 0 Å². The predicted octanol–water partition coefficient (Wildman–Crippen LogP) is 1.82. The van der Waals surface area contributed by atoms with Crippen molar-refractivity contribution in [3.8, 4) is 0 Å². The summed E-state index contributed by atoms with van der Waals surface area (Å²) in [5.41, 5.74) is 10.1. The smallest absolute Gasteiger partial charge is 0.312 e. The molecule has 1 aromatic carbocycles. The molecule has 0 fully saturated rings. The predicted molar refractivity (Wildman–Crippen MR) is 61.9 cm³/mol. The summed E-state index contributed by atoms with van der Waals surface area (Å²) in [7, 11) is 0. The molecular formula is C12H18N2O. The maximum atomic E-state index is 10.5. The number of aryl methyl sites for hydroxylation is 3. The number of carbonyl (C=O) groups excluding carboxylic acids is 1. The molecule has 0 saturated heterocycles. The molecule has 3 nitrogen and oxygen atoms in total. The topological polar surface area (TPSA) is 55.1 Å². The van der Waals surface area contributed by atoms with E-state index in [0.29, 0.717) is 6.54 Å². The van der Waals surface area contributed by atoms with E-state index in [0.717, 1.165) is 6.42 Å². The Bertz CT molecular complexity index is 349. The maximum Gasteiger partial charge on any atom is 0.312 e. The van der Waals surface area contributed by atoms with E-state index < -0.39 is 6.03 Å². The monoisotopic (exact) mass is 206 g/mol. The van der Waals surface area contributed by atoms with Gasteiger partial charge in [0.05, 0.1) is 0 Å². The highest BCUT2D eigenvalue weighted by Gasteiger charge is 2.03. The molecule has 0 aliphatic rings. The van der Waals surface area contributed by atoms with Gasteiger partial charge in [0.15, 0.2) is 0 Å². The molecule has 0 bridgehead atoms. The van der Waals surface area contributed by atoms with Gasteiger partial charge in [-0.05, 0) is 43.9 Å². The van der Waals surface area contributed by atoms with Crippen molar-refractivity contribution >= 4 is 6.03 Å². The third kappa shape index (κ3) is 3.27. The fourth-order valence-corrected chi connectivity index (χ4v) is 1.91. The number of benzene rings is 1. The number of hydrogen-bond donors (Lipinski definition) is 2. The van der Waals surface area contributed by atoms with E-state index in [4.69, 9.17) is 5.73 Å². The molecule has 0 aromatic heterocycles. The van der Waals surface area contributed by atoms with Gasteiger partial charge < -0.3 is 11.1 Å². The van der Waals surface area contributed by atoms with E-state index >= 15 is 0 Å². The summed E-state index contributed by atoms with van der Waals surface area (Å²) in [6, 6.07) is 3.86. The molecule has 0 spiro atoms. The van der Waals surface area contributed by atoms with Crippen LogP contribution in [0.5, 0.6) is 0 Å². The Hall–Kier alpha value is -1.51. The molecule has 0 unspecified atom stereocenters. The first kappa shape index (κ1) is 11.6. The Morgan fingerprint density at radius 1 is 1.27 bits per heavy atom. The number of nitrogens with one attached hydrogen (secondary N) is 1. The largest absolute Gasteiger partial charge is 0.352 e. The molecule has 1 rings (SSSR count). The van der Waals surface area contributed by atoms with E-state index in [-0.39, 0.29) is 0 Å². The Morgan fingerprint density at radius 2 is 1.80 bits per heavy atom. The molecule has 82 valence electrons. The molecular weight excluding hydrogens is 188 g/mol. The zero-order chi connectivity index (χ0) is 11.4. The van der Waals surface area contributed by atoms with Gasteiger partial charge in [0.25, 0.3) is 0 Å². The molecule has 3 N–H and O–H groups in total. The van der Waals surface area contributed by atoms with Gasteiger partial charge in [-0.1, -0.05) is 17.7 Å². The Labute approximate surface area is 90.7 Å². The van der Waals surface area contributed by atoms with Crippen LogP contribution >= 0.6 is 0 Å². The number of hydrogen-bond acceptors (Lipinski definition) is 1. The van der Waals surface area contributed by atoms with E-state index in [9.17, 15) is 4.79 Å². The van der Waals surface area contributed by atoms with Gasteiger partial charge in [0.1, 0.15) is 0 Å². The van der Waals surface area contributed by atoms with Crippen molar-refractivity contribution in [2.75, 3.05) is 6.54 Å². The third-order valence-electron chi connectivity index (χ3n) is 2.51. The summed E-state index contributed by atoms with van der Waals surface area (Å²) in [6.45, 7) is 6.88. The summed E-state index contributed by atoms with van der Waals surface area (Å²) in [5, 5.41) is 2.60. The van der Waals surface area contributed by atoms with E-state index in [2.05, 4.69) is 38.2 Å². The van der Waals surface area contributed by atoms with Crippen LogP contribution in [0.4, 0.5) is 4.79 Å². The second kappa shape index (κ2) is 4.82. The minimum atomic E-state index is -0.461. The van der Waals surface area contributed by atoms with Crippen LogP contribution in [0.3, 0.4) is 0 Å². The SMILES string of the molecule is Cc1cc(C)c(CCNC(N)=O)c(C)c1. The standard InChI is InChI=1S/C12H18N2O/c1-8-6-9(2)11(10(3)7-8)4-5-14-12(13)15/h6-7H,4-5H2,1-3H3,(H3,13,14,15). The number of nitrogens with two attached hydrogens (primary N) is 1. The van der Waals surface area contributed by atoms with Crippen molar-refractivity contribution in [3.63, 3.8) is 0 Å². The lowest BCUT2D eigenvalue weighted by atomic mass is 9.97. The quantitative estimate of drug-likeness (QED) is 0.778. The molecule has 0 aliphatic carbocycles. The highest BCUT2D eigenvalue weighted by atomic mass is 16.2. The lowest BCUT2D eigenvalue weighted by Gasteiger charge is -2.11. The number of amides is 2. The van der Waals surface area contributed by atoms with E-state index in [1.165, 1.54) is 22.3 Å². The Kier molecular flexibility index (Phi) is 3.72. The van der Waals surface area contributed by atoms with Gasteiger partial charge >= 0.3 is 6.03 Å². The van der Waals surface area contributed by atoms with Crippen LogP contribution in [0.25, 0.3) is 0 Å². The van der Waals surface area contributed by atoms with Crippen molar-refractivity contribution < 1.29 is 4.79 Å².